The van der Waals surface area contributed by atoms with Crippen molar-refractivity contribution < 1.29 is 35.9 Å². The van der Waals surface area contributed by atoms with Crippen LogP contribution in [0.25, 0.3) is 0 Å². The predicted octanol–water partition coefficient (Wildman–Crippen LogP) is 2.88. The number of fused-ring (bicyclic) bond motifs is 1. The monoisotopic (exact) mass is 354 g/mol. The van der Waals surface area contributed by atoms with Crippen molar-refractivity contribution in [1.82, 2.24) is 5.32 Å². The lowest BCUT2D eigenvalue weighted by molar-refractivity contribution is -0.211. The quantitative estimate of drug-likeness (QED) is 0.831. The molecule has 24 heavy (non-hydrogen) atoms. The van der Waals surface area contributed by atoms with Crippen LogP contribution in [-0.4, -0.2) is 30.2 Å². The highest BCUT2D eigenvalue weighted by Gasteiger charge is 2.69. The zero-order valence-electron chi connectivity index (χ0n) is 12.4. The van der Waals surface area contributed by atoms with Crippen LogP contribution in [0.15, 0.2) is 24.3 Å². The molecule has 0 saturated heterocycles. The molecule has 0 radical (unpaired) electrons. The molecule has 1 aliphatic heterocycles. The van der Waals surface area contributed by atoms with Gasteiger partial charge in [-0.15, -0.1) is 0 Å². The second-order valence-electron chi connectivity index (χ2n) is 5.49. The van der Waals surface area contributed by atoms with Gasteiger partial charge in [0.2, 0.25) is 5.54 Å². The minimum atomic E-state index is -5.57. The summed E-state index contributed by atoms with van der Waals surface area (Å²) >= 11 is 0. The normalized spacial score (nSPS) is 21.2. The molecule has 0 unspecified atom stereocenters. The maximum atomic E-state index is 13.7. The number of carbonyl (C=O) groups is 2. The van der Waals surface area contributed by atoms with E-state index in [4.69, 9.17) is 0 Å². The van der Waals surface area contributed by atoms with Crippen molar-refractivity contribution in [2.24, 2.45) is 0 Å². The van der Waals surface area contributed by atoms with Crippen LogP contribution in [0.5, 0.6) is 0 Å². The Balaban J connectivity index is 2.72. The minimum absolute atomic E-state index is 0.197. The Morgan fingerprint density at radius 1 is 1.12 bits per heavy atom. The Hall–Kier alpha value is -2.26. The molecular formula is C14H12F6N2O2. The summed E-state index contributed by atoms with van der Waals surface area (Å²) in [6.45, 7) is 2.82. The van der Waals surface area contributed by atoms with Gasteiger partial charge < -0.3 is 10.2 Å². The zero-order chi connectivity index (χ0) is 18.5. The van der Waals surface area contributed by atoms with Gasteiger partial charge in [-0.25, -0.2) is 0 Å². The molecule has 132 valence electrons. The summed E-state index contributed by atoms with van der Waals surface area (Å²) in [5, 5.41) is 0.883. The fourth-order valence-corrected chi connectivity index (χ4v) is 2.63. The van der Waals surface area contributed by atoms with Gasteiger partial charge in [-0.3, -0.25) is 9.59 Å². The van der Waals surface area contributed by atoms with Crippen molar-refractivity contribution in [2.75, 3.05) is 4.90 Å². The second-order valence-corrected chi connectivity index (χ2v) is 5.49. The van der Waals surface area contributed by atoms with E-state index in [-0.39, 0.29) is 5.69 Å². The van der Waals surface area contributed by atoms with Crippen molar-refractivity contribution in [3.63, 3.8) is 0 Å². The van der Waals surface area contributed by atoms with Crippen LogP contribution in [0.2, 0.25) is 0 Å². The molecule has 4 nitrogen and oxygen atoms in total. The van der Waals surface area contributed by atoms with Crippen molar-refractivity contribution in [1.29, 1.82) is 0 Å². The van der Waals surface area contributed by atoms with Crippen molar-refractivity contribution in [2.45, 2.75) is 37.8 Å². The summed E-state index contributed by atoms with van der Waals surface area (Å²) in [5.41, 5.74) is -4.72. The number of benzene rings is 1. The Morgan fingerprint density at radius 3 is 2.12 bits per heavy atom. The summed E-state index contributed by atoms with van der Waals surface area (Å²) in [6, 6.07) is 3.79. The van der Waals surface area contributed by atoms with Gasteiger partial charge >= 0.3 is 18.3 Å². The van der Waals surface area contributed by atoms with E-state index in [1.165, 1.54) is 26.0 Å². The van der Waals surface area contributed by atoms with Crippen LogP contribution in [0.4, 0.5) is 32.0 Å². The van der Waals surface area contributed by atoms with E-state index < -0.39 is 41.3 Å². The smallest absolute Gasteiger partial charge is 0.323 e. The minimum Gasteiger partial charge on any atom is -0.323 e. The van der Waals surface area contributed by atoms with Crippen LogP contribution in [0.3, 0.4) is 0 Å². The largest absolute Gasteiger partial charge is 0.471 e. The number of nitrogens with one attached hydrogen (secondary N) is 1. The summed E-state index contributed by atoms with van der Waals surface area (Å²) in [7, 11) is 0. The van der Waals surface area contributed by atoms with Gasteiger partial charge in [0.1, 0.15) is 0 Å². The van der Waals surface area contributed by atoms with Crippen LogP contribution in [0, 0.1) is 0 Å². The molecule has 0 fully saturated rings. The third-order valence-corrected chi connectivity index (χ3v) is 3.61. The molecule has 0 aromatic heterocycles. The Labute approximate surface area is 132 Å². The van der Waals surface area contributed by atoms with Gasteiger partial charge in [0.05, 0.1) is 5.69 Å². The summed E-state index contributed by atoms with van der Waals surface area (Å²) < 4.78 is 78.6. The molecule has 2 amide bonds. The van der Waals surface area contributed by atoms with Crippen molar-refractivity contribution in [3.8, 4) is 0 Å². The first-order valence-electron chi connectivity index (χ1n) is 6.73. The molecule has 0 spiro atoms. The predicted molar refractivity (Wildman–Crippen MR) is 71.0 cm³/mol. The Morgan fingerprint density at radius 2 is 1.67 bits per heavy atom. The fourth-order valence-electron chi connectivity index (χ4n) is 2.63. The standard InChI is InChI=1S/C14H12F6N2O2/c1-7(2)22-9-6-4-3-5-8(9)12(11(22)24,14(18,19)20)21-10(23)13(15,16)17/h3-7H,1-2H3,(H,21,23)/t12-/m1/s1. The number of rotatable bonds is 2. The molecule has 0 bridgehead atoms. The van der Waals surface area contributed by atoms with Gasteiger partial charge in [0.15, 0.2) is 0 Å². The summed E-state index contributed by atoms with van der Waals surface area (Å²) in [5.74, 6) is -4.52. The maximum Gasteiger partial charge on any atom is 0.471 e. The number of hydrogen-bond acceptors (Lipinski definition) is 2. The lowest BCUT2D eigenvalue weighted by Gasteiger charge is -2.32. The van der Waals surface area contributed by atoms with E-state index >= 15 is 0 Å². The number of carbonyl (C=O) groups excluding carboxylic acids is 2. The molecule has 2 rings (SSSR count). The molecule has 1 atom stereocenters. The number of hydrogen-bond donors (Lipinski definition) is 1. The van der Waals surface area contributed by atoms with E-state index in [1.54, 1.807) is 0 Å². The van der Waals surface area contributed by atoms with Gasteiger partial charge in [0, 0.05) is 11.6 Å². The summed E-state index contributed by atoms with van der Waals surface area (Å²) in [6.07, 6.45) is -11.0. The molecule has 1 heterocycles. The number of nitrogens with zero attached hydrogens (tertiary/aromatic N) is 1. The van der Waals surface area contributed by atoms with E-state index in [9.17, 15) is 35.9 Å². The van der Waals surface area contributed by atoms with Crippen LogP contribution < -0.4 is 10.2 Å². The van der Waals surface area contributed by atoms with Crippen molar-refractivity contribution >= 4 is 17.5 Å². The number of para-hydroxylation sites is 1. The van der Waals surface area contributed by atoms with E-state index in [0.717, 1.165) is 22.3 Å². The highest BCUT2D eigenvalue weighted by atomic mass is 19.4. The number of alkyl halides is 6. The number of halogens is 6. The number of amides is 2. The topological polar surface area (TPSA) is 49.4 Å². The molecule has 0 aliphatic carbocycles. The average Bonchev–Trinajstić information content (AvgIpc) is 2.67. The molecule has 1 aromatic carbocycles. The maximum absolute atomic E-state index is 13.7. The Kier molecular flexibility index (Phi) is 4.06. The third-order valence-electron chi connectivity index (χ3n) is 3.61. The first kappa shape index (κ1) is 18.1. The number of anilines is 1. The highest BCUT2D eigenvalue weighted by Crippen LogP contribution is 2.50. The van der Waals surface area contributed by atoms with E-state index in [1.807, 2.05) is 0 Å². The first-order valence-corrected chi connectivity index (χ1v) is 6.73. The average molecular weight is 354 g/mol. The summed E-state index contributed by atoms with van der Waals surface area (Å²) in [4.78, 5) is 24.4. The molecule has 1 aromatic rings. The molecule has 1 aliphatic rings. The fraction of sp³-hybridized carbons (Fsp3) is 0.429. The molecule has 0 saturated carbocycles. The lowest BCUT2D eigenvalue weighted by Crippen LogP contribution is -2.64. The zero-order valence-corrected chi connectivity index (χ0v) is 12.4. The van der Waals surface area contributed by atoms with Gasteiger partial charge in [-0.1, -0.05) is 18.2 Å². The Bertz CT molecular complexity index is 683. The molecule has 10 heteroatoms. The van der Waals surface area contributed by atoms with Crippen LogP contribution in [0.1, 0.15) is 19.4 Å². The van der Waals surface area contributed by atoms with Gasteiger partial charge in [-0.05, 0) is 19.9 Å². The van der Waals surface area contributed by atoms with Gasteiger partial charge in [-0.2, -0.15) is 26.3 Å². The SMILES string of the molecule is CC(C)N1C(=O)[C@@](NC(=O)C(F)(F)F)(C(F)(F)F)c2ccccc21. The van der Waals surface area contributed by atoms with Crippen LogP contribution in [-0.2, 0) is 15.1 Å². The molecule has 1 N–H and O–H groups in total. The first-order chi connectivity index (χ1) is 10.8. The van der Waals surface area contributed by atoms with Crippen LogP contribution >= 0.6 is 0 Å². The van der Waals surface area contributed by atoms with E-state index in [2.05, 4.69) is 0 Å². The third kappa shape index (κ3) is 2.49. The highest BCUT2D eigenvalue weighted by molar-refractivity contribution is 6.10. The van der Waals surface area contributed by atoms with E-state index in [0.29, 0.717) is 0 Å². The van der Waals surface area contributed by atoms with Crippen molar-refractivity contribution in [3.05, 3.63) is 29.8 Å². The second kappa shape index (κ2) is 5.38. The molecular weight excluding hydrogens is 342 g/mol. The lowest BCUT2D eigenvalue weighted by atomic mass is 9.90. The van der Waals surface area contributed by atoms with Gasteiger partial charge in [0.25, 0.3) is 5.91 Å².